The molecule has 4 rings (SSSR count). The number of aryl methyl sites for hydroxylation is 3. The number of likely N-dealkylation sites (N-methyl/N-ethyl adjacent to an activating group) is 1. The van der Waals surface area contributed by atoms with E-state index in [2.05, 4.69) is 5.32 Å². The third-order valence-electron chi connectivity index (χ3n) is 7.41. The van der Waals surface area contributed by atoms with Crippen LogP contribution in [0.5, 0.6) is 5.75 Å². The fourth-order valence-corrected chi connectivity index (χ4v) is 6.87. The number of carbonyl (C=O) groups is 1. The summed E-state index contributed by atoms with van der Waals surface area (Å²) < 4.78 is 50.2. The summed E-state index contributed by atoms with van der Waals surface area (Å²) in [5.41, 5.74) is 3.67. The van der Waals surface area contributed by atoms with Crippen LogP contribution in [0.3, 0.4) is 0 Å². The van der Waals surface area contributed by atoms with Crippen LogP contribution in [-0.4, -0.2) is 44.1 Å². The molecule has 0 aliphatic rings. The average molecular weight is 650 g/mol. The van der Waals surface area contributed by atoms with Gasteiger partial charge in [-0.2, -0.15) is 0 Å². The number of nitro groups is 1. The van der Waals surface area contributed by atoms with Gasteiger partial charge < -0.3 is 15.2 Å². The largest absolute Gasteiger partial charge is 0.492 e. The van der Waals surface area contributed by atoms with Gasteiger partial charge in [0, 0.05) is 19.0 Å². The molecule has 0 aliphatic carbocycles. The number of carboxylic acid groups (broad SMARTS) is 1. The number of nitrogens with zero attached hydrogens (tertiary/aromatic N) is 2. The molecule has 0 unspecified atom stereocenters. The van der Waals surface area contributed by atoms with Crippen LogP contribution in [-0.2, 0) is 27.8 Å². The van der Waals surface area contributed by atoms with Crippen LogP contribution in [0.2, 0.25) is 0 Å². The molecule has 242 valence electrons. The number of anilines is 1. The zero-order chi connectivity index (χ0) is 33.4. The number of hydrogen-bond acceptors (Lipinski definition) is 7. The van der Waals surface area contributed by atoms with Crippen LogP contribution in [0.15, 0.2) is 83.8 Å². The Balaban J connectivity index is 1.75. The van der Waals surface area contributed by atoms with Crippen molar-refractivity contribution in [1.82, 2.24) is 5.32 Å². The highest BCUT2D eigenvalue weighted by molar-refractivity contribution is 7.93. The third kappa shape index (κ3) is 8.06. The molecule has 0 amide bonds. The van der Waals surface area contributed by atoms with E-state index in [1.807, 2.05) is 45.0 Å². The van der Waals surface area contributed by atoms with Gasteiger partial charge in [-0.3, -0.25) is 19.2 Å². The summed E-state index contributed by atoms with van der Waals surface area (Å²) in [6, 6.07) is 19.9. The van der Waals surface area contributed by atoms with E-state index in [1.165, 1.54) is 24.3 Å². The molecule has 0 radical (unpaired) electrons. The van der Waals surface area contributed by atoms with Gasteiger partial charge in [0.15, 0.2) is 4.90 Å². The molecule has 4 aromatic rings. The minimum atomic E-state index is -4.59. The number of para-hydroxylation sites is 1. The van der Waals surface area contributed by atoms with Crippen molar-refractivity contribution in [2.24, 2.45) is 0 Å². The van der Waals surface area contributed by atoms with Crippen LogP contribution in [0.4, 0.5) is 15.8 Å². The summed E-state index contributed by atoms with van der Waals surface area (Å²) in [6.07, 6.45) is -0.387. The van der Waals surface area contributed by atoms with Gasteiger partial charge in [-0.15, -0.1) is 0 Å². The molecule has 0 heterocycles. The molecule has 2 N–H and O–H groups in total. The Morgan fingerprint density at radius 2 is 1.74 bits per heavy atom. The number of ether oxygens (including phenoxy) is 1. The van der Waals surface area contributed by atoms with Crippen molar-refractivity contribution in [3.05, 3.63) is 117 Å². The molecule has 0 saturated carbocycles. The minimum absolute atomic E-state index is 0.0634. The lowest BCUT2D eigenvalue weighted by molar-refractivity contribution is -0.387. The van der Waals surface area contributed by atoms with Gasteiger partial charge in [0.25, 0.3) is 15.7 Å². The molecule has 0 aliphatic heterocycles. The lowest BCUT2D eigenvalue weighted by atomic mass is 9.94. The number of aliphatic carboxylic acids is 1. The van der Waals surface area contributed by atoms with E-state index in [0.29, 0.717) is 12.2 Å². The number of hydrogen-bond donors (Lipinski definition) is 2. The van der Waals surface area contributed by atoms with E-state index >= 15 is 4.39 Å². The Bertz CT molecular complexity index is 1820. The maximum absolute atomic E-state index is 15.2. The fourth-order valence-electron chi connectivity index (χ4n) is 5.27. The molecule has 0 bridgehead atoms. The standard InChI is InChI=1S/C34H36FN3O7S/c1-4-36-16-17-45-29-18-23(2)34(24(3)19-29)27-9-7-8-25(20-27)22-37(28-14-12-26(30(35)21-28)13-15-33(39)40)46(43,44)32-11-6-5-10-31(32)38(41)42/h5-12,14,18-21,36H,4,13,15-17,22H2,1-3H3,(H,39,40). The molecular formula is C34H36FN3O7S. The lowest BCUT2D eigenvalue weighted by Gasteiger charge is -2.25. The zero-order valence-corrected chi connectivity index (χ0v) is 26.6. The average Bonchev–Trinajstić information content (AvgIpc) is 3.01. The Labute approximate surface area is 267 Å². The SMILES string of the molecule is CCNCCOc1cc(C)c(-c2cccc(CN(c3ccc(CCC(=O)O)c(F)c3)S(=O)(=O)c3ccccc3[N+](=O)[O-])c2)c(C)c1. The van der Waals surface area contributed by atoms with Gasteiger partial charge in [0.1, 0.15) is 18.2 Å². The summed E-state index contributed by atoms with van der Waals surface area (Å²) in [7, 11) is -4.59. The van der Waals surface area contributed by atoms with E-state index in [9.17, 15) is 23.3 Å². The summed E-state index contributed by atoms with van der Waals surface area (Å²) in [5, 5.41) is 24.0. The van der Waals surface area contributed by atoms with Crippen LogP contribution in [0.25, 0.3) is 11.1 Å². The smallest absolute Gasteiger partial charge is 0.303 e. The first-order chi connectivity index (χ1) is 21.9. The predicted octanol–water partition coefficient (Wildman–Crippen LogP) is 6.42. The Kier molecular flexibility index (Phi) is 11.1. The highest BCUT2D eigenvalue weighted by Gasteiger charge is 2.32. The van der Waals surface area contributed by atoms with Crippen molar-refractivity contribution in [3.8, 4) is 16.9 Å². The first kappa shape index (κ1) is 34.1. The van der Waals surface area contributed by atoms with E-state index in [-0.39, 0.29) is 30.6 Å². The highest BCUT2D eigenvalue weighted by atomic mass is 32.2. The Morgan fingerprint density at radius 1 is 1.02 bits per heavy atom. The van der Waals surface area contributed by atoms with Gasteiger partial charge in [-0.1, -0.05) is 43.3 Å². The summed E-state index contributed by atoms with van der Waals surface area (Å²) in [4.78, 5) is 21.5. The maximum Gasteiger partial charge on any atom is 0.303 e. The number of sulfonamides is 1. The lowest BCUT2D eigenvalue weighted by Crippen LogP contribution is -2.31. The van der Waals surface area contributed by atoms with Crippen LogP contribution in [0, 0.1) is 29.8 Å². The number of benzene rings is 4. The van der Waals surface area contributed by atoms with E-state index in [1.54, 1.807) is 12.1 Å². The number of carboxylic acids is 1. The highest BCUT2D eigenvalue weighted by Crippen LogP contribution is 2.35. The van der Waals surface area contributed by atoms with Crippen molar-refractivity contribution >= 4 is 27.4 Å². The van der Waals surface area contributed by atoms with E-state index < -0.39 is 37.3 Å². The van der Waals surface area contributed by atoms with Crippen molar-refractivity contribution < 1.29 is 32.4 Å². The number of nitro benzene ring substituents is 1. The number of rotatable bonds is 15. The van der Waals surface area contributed by atoms with Gasteiger partial charge in [0.05, 0.1) is 17.2 Å². The Hall–Kier alpha value is -4.81. The first-order valence-electron chi connectivity index (χ1n) is 14.7. The van der Waals surface area contributed by atoms with Gasteiger partial charge in [-0.25, -0.2) is 12.8 Å². The van der Waals surface area contributed by atoms with Crippen molar-refractivity contribution in [2.45, 2.75) is 45.1 Å². The van der Waals surface area contributed by atoms with Gasteiger partial charge in [-0.05, 0) is 96.6 Å². The van der Waals surface area contributed by atoms with E-state index in [4.69, 9.17) is 9.84 Å². The van der Waals surface area contributed by atoms with Crippen LogP contribution >= 0.6 is 0 Å². The molecule has 10 nitrogen and oxygen atoms in total. The predicted molar refractivity (Wildman–Crippen MR) is 174 cm³/mol. The molecule has 0 saturated heterocycles. The van der Waals surface area contributed by atoms with Crippen LogP contribution < -0.4 is 14.4 Å². The summed E-state index contributed by atoms with van der Waals surface area (Å²) >= 11 is 0. The zero-order valence-electron chi connectivity index (χ0n) is 25.8. The molecule has 0 fully saturated rings. The third-order valence-corrected chi connectivity index (χ3v) is 9.23. The Morgan fingerprint density at radius 3 is 2.39 bits per heavy atom. The van der Waals surface area contributed by atoms with Crippen molar-refractivity contribution in [3.63, 3.8) is 0 Å². The molecule has 46 heavy (non-hydrogen) atoms. The molecule has 0 spiro atoms. The second kappa shape index (κ2) is 15.0. The normalized spacial score (nSPS) is 11.3. The quantitative estimate of drug-likeness (QED) is 0.0855. The minimum Gasteiger partial charge on any atom is -0.492 e. The van der Waals surface area contributed by atoms with Crippen LogP contribution in [0.1, 0.15) is 35.6 Å². The van der Waals surface area contributed by atoms with E-state index in [0.717, 1.165) is 63.6 Å². The summed E-state index contributed by atoms with van der Waals surface area (Å²) in [5.74, 6) is -1.14. The molecule has 4 aromatic carbocycles. The number of halogens is 1. The molecule has 12 heteroatoms. The first-order valence-corrected chi connectivity index (χ1v) is 16.2. The number of nitrogens with one attached hydrogen (secondary N) is 1. The van der Waals surface area contributed by atoms with Crippen molar-refractivity contribution in [2.75, 3.05) is 24.0 Å². The topological polar surface area (TPSA) is 139 Å². The monoisotopic (exact) mass is 649 g/mol. The van der Waals surface area contributed by atoms with Gasteiger partial charge >= 0.3 is 5.97 Å². The molecule has 0 atom stereocenters. The maximum atomic E-state index is 15.2. The molecule has 0 aromatic heterocycles. The van der Waals surface area contributed by atoms with Crippen molar-refractivity contribution in [1.29, 1.82) is 0 Å². The summed E-state index contributed by atoms with van der Waals surface area (Å²) in [6.45, 7) is 7.78. The second-order valence-corrected chi connectivity index (χ2v) is 12.6. The fraction of sp³-hybridized carbons (Fsp3) is 0.265. The van der Waals surface area contributed by atoms with Gasteiger partial charge in [0.2, 0.25) is 0 Å². The molecular weight excluding hydrogens is 613 g/mol. The second-order valence-electron chi connectivity index (χ2n) is 10.7.